The molecule has 0 spiro atoms. The largest absolute Gasteiger partial charge is 0.476 e. The minimum atomic E-state index is -4.61. The van der Waals surface area contributed by atoms with Crippen LogP contribution >= 0.6 is 0 Å². The molecular weight excluding hydrogens is 721 g/mol. The third kappa shape index (κ3) is 6.25. The van der Waals surface area contributed by atoms with Gasteiger partial charge in [0.1, 0.15) is 42.4 Å². The van der Waals surface area contributed by atoms with Crippen molar-refractivity contribution in [3.8, 4) is 35.5 Å². The number of ether oxygens (including phenoxy) is 3. The first-order valence-electron chi connectivity index (χ1n) is 18.5. The molecule has 0 aliphatic carbocycles. The van der Waals surface area contributed by atoms with Crippen LogP contribution in [0.3, 0.4) is 0 Å². The van der Waals surface area contributed by atoms with Gasteiger partial charge in [-0.25, -0.2) is 23.7 Å². The minimum absolute atomic E-state index is 0.0179. The van der Waals surface area contributed by atoms with Gasteiger partial charge in [0.05, 0.1) is 34.8 Å². The van der Waals surface area contributed by atoms with Crippen LogP contribution < -0.4 is 14.4 Å². The number of hydrogen-bond donors (Lipinski definition) is 0. The Kier molecular flexibility index (Phi) is 8.92. The van der Waals surface area contributed by atoms with Gasteiger partial charge in [0.15, 0.2) is 11.5 Å². The number of terminal acetylenes is 1. The first-order chi connectivity index (χ1) is 26.6. The average Bonchev–Trinajstić information content (AvgIpc) is 3.60. The van der Waals surface area contributed by atoms with Crippen molar-refractivity contribution in [2.45, 2.75) is 68.7 Å². The monoisotopic (exact) mass is 757 g/mol. The number of pyridine rings is 1. The zero-order valence-corrected chi connectivity index (χ0v) is 29.7. The van der Waals surface area contributed by atoms with E-state index in [2.05, 4.69) is 25.7 Å². The van der Waals surface area contributed by atoms with Crippen LogP contribution in [0.5, 0.6) is 11.9 Å². The van der Waals surface area contributed by atoms with E-state index in [-0.39, 0.29) is 54.0 Å². The first kappa shape index (κ1) is 35.5. The fraction of sp³-hybridized carbons (Fsp3) is 0.425. The summed E-state index contributed by atoms with van der Waals surface area (Å²) in [6.45, 7) is 2.84. The van der Waals surface area contributed by atoms with Gasteiger partial charge in [-0.3, -0.25) is 4.90 Å². The summed E-state index contributed by atoms with van der Waals surface area (Å²) in [4.78, 5) is 26.2. The highest BCUT2D eigenvalue weighted by molar-refractivity contribution is 6.02. The maximum Gasteiger partial charge on any atom is 0.433 e. The second kappa shape index (κ2) is 13.8. The average molecular weight is 758 g/mol. The number of nitrogens with zero attached hydrogens (tertiary/aromatic N) is 7. The smallest absolute Gasteiger partial charge is 0.433 e. The minimum Gasteiger partial charge on any atom is -0.476 e. The molecule has 0 amide bonds. The van der Waals surface area contributed by atoms with E-state index >= 15 is 8.78 Å². The Labute approximate surface area is 313 Å². The van der Waals surface area contributed by atoms with Gasteiger partial charge in [-0.2, -0.15) is 23.1 Å². The quantitative estimate of drug-likeness (QED) is 0.129. The van der Waals surface area contributed by atoms with Crippen LogP contribution in [0, 0.1) is 24.0 Å². The fourth-order valence-corrected chi connectivity index (χ4v) is 8.92. The van der Waals surface area contributed by atoms with Crippen LogP contribution in [-0.2, 0) is 17.3 Å². The van der Waals surface area contributed by atoms with Gasteiger partial charge in [-0.1, -0.05) is 30.2 Å². The molecule has 284 valence electrons. The molecule has 3 fully saturated rings. The zero-order valence-electron chi connectivity index (χ0n) is 29.7. The Morgan fingerprint density at radius 2 is 1.87 bits per heavy atom. The maximum absolute atomic E-state index is 17.2. The van der Waals surface area contributed by atoms with Gasteiger partial charge in [0, 0.05) is 36.2 Å². The summed E-state index contributed by atoms with van der Waals surface area (Å²) in [5.74, 6) is 1.58. The normalized spacial score (nSPS) is 22.6. The lowest BCUT2D eigenvalue weighted by atomic mass is 9.95. The molecule has 0 N–H and O–H groups in total. The number of aryl methyl sites for hydroxylation is 1. The predicted octanol–water partition coefficient (Wildman–Crippen LogP) is 6.91. The van der Waals surface area contributed by atoms with Gasteiger partial charge in [-0.15, -0.1) is 6.42 Å². The van der Waals surface area contributed by atoms with Gasteiger partial charge < -0.3 is 19.1 Å². The van der Waals surface area contributed by atoms with Crippen LogP contribution in [0.25, 0.3) is 32.9 Å². The Balaban J connectivity index is 1.07. The van der Waals surface area contributed by atoms with E-state index in [0.717, 1.165) is 51.0 Å². The molecule has 2 aromatic carbocycles. The molecule has 3 atom stereocenters. The molecule has 0 bridgehead atoms. The fourth-order valence-electron chi connectivity index (χ4n) is 8.92. The molecule has 3 saturated heterocycles. The number of anilines is 1. The molecule has 9 rings (SSSR count). The lowest BCUT2D eigenvalue weighted by molar-refractivity contribution is -0.141. The maximum atomic E-state index is 17.2. The van der Waals surface area contributed by atoms with Crippen LogP contribution in [-0.4, -0.2) is 87.0 Å². The van der Waals surface area contributed by atoms with E-state index in [1.165, 1.54) is 6.07 Å². The molecule has 4 aliphatic heterocycles. The summed E-state index contributed by atoms with van der Waals surface area (Å²) in [6, 6.07) is 8.88. The summed E-state index contributed by atoms with van der Waals surface area (Å²) in [7, 11) is 0. The van der Waals surface area contributed by atoms with E-state index in [4.69, 9.17) is 35.6 Å². The molecule has 4 aliphatic rings. The number of rotatable bonds is 7. The van der Waals surface area contributed by atoms with Crippen molar-refractivity contribution in [1.82, 2.24) is 29.8 Å². The lowest BCUT2D eigenvalue weighted by Crippen LogP contribution is -2.48. The number of aromatic nitrogens is 5. The van der Waals surface area contributed by atoms with E-state index < -0.39 is 29.0 Å². The van der Waals surface area contributed by atoms with Gasteiger partial charge >= 0.3 is 12.2 Å². The summed E-state index contributed by atoms with van der Waals surface area (Å²) in [5, 5.41) is 1.56. The van der Waals surface area contributed by atoms with Crippen molar-refractivity contribution in [2.24, 2.45) is 0 Å². The van der Waals surface area contributed by atoms with E-state index in [9.17, 15) is 13.2 Å². The Bertz CT molecular complexity index is 2350. The Morgan fingerprint density at radius 3 is 2.73 bits per heavy atom. The summed E-state index contributed by atoms with van der Waals surface area (Å²) in [6.07, 6.45) is 7.18. The molecule has 3 aromatic heterocycles. The lowest BCUT2D eigenvalue weighted by Gasteiger charge is -2.34. The number of hydrogen-bond acceptors (Lipinski definition) is 10. The SMILES string of the molecule is C#Cc1c(F)ccc2cccc(-c3nc4c5c(nc(OC[C@@]67CCCN6[C@H](COc6cc(C(F)(F)F)ncn6)CC7)nc5c3F)N3CCCOC[C@@H]3CC4)c12. The summed E-state index contributed by atoms with van der Waals surface area (Å²) >= 11 is 0. The van der Waals surface area contributed by atoms with Crippen LogP contribution in [0.2, 0.25) is 0 Å². The van der Waals surface area contributed by atoms with E-state index in [1.807, 2.05) is 0 Å². The van der Waals surface area contributed by atoms with Crippen LogP contribution in [0.15, 0.2) is 42.7 Å². The zero-order chi connectivity index (χ0) is 37.9. The summed E-state index contributed by atoms with van der Waals surface area (Å²) in [5.41, 5.74) is -0.363. The molecule has 10 nitrogen and oxygen atoms in total. The van der Waals surface area contributed by atoms with Crippen LogP contribution in [0.1, 0.15) is 55.5 Å². The van der Waals surface area contributed by atoms with Gasteiger partial charge in [-0.05, 0) is 62.9 Å². The topological polar surface area (TPSA) is 98.6 Å². The molecular formula is C40H36F5N7O3. The van der Waals surface area contributed by atoms with Crippen LogP contribution in [0.4, 0.5) is 27.8 Å². The third-order valence-corrected chi connectivity index (χ3v) is 11.5. The molecule has 15 heteroatoms. The third-order valence-electron chi connectivity index (χ3n) is 11.5. The number of halogens is 5. The molecule has 0 unspecified atom stereocenters. The van der Waals surface area contributed by atoms with Crippen molar-refractivity contribution in [2.75, 3.05) is 44.4 Å². The Hall–Kier alpha value is -5.20. The Morgan fingerprint density at radius 1 is 0.982 bits per heavy atom. The van der Waals surface area contributed by atoms with E-state index in [0.29, 0.717) is 65.8 Å². The highest BCUT2D eigenvalue weighted by atomic mass is 19.4. The van der Waals surface area contributed by atoms with Crippen molar-refractivity contribution in [3.63, 3.8) is 0 Å². The second-order valence-electron chi connectivity index (χ2n) is 14.6. The number of alkyl halides is 3. The standard InChI is InChI=1S/C40H36F5N7O3/c1-2-26-28(41)10-8-23-6-3-7-27(32(23)26)35-34(42)36-33-29(48-35)11-9-24-19-53-17-5-15-51(24)37(33)50-38(49-36)55-21-39-13-4-16-52(39)25(12-14-39)20-54-31-18-30(40(43,44)45)46-22-47-31/h1,3,6-8,10,18,22,24-25H,4-5,9,11-17,19-21H2/t24-,25-,39-/m0/s1. The van der Waals surface area contributed by atoms with Crippen molar-refractivity contribution < 1.29 is 36.2 Å². The van der Waals surface area contributed by atoms with Gasteiger partial charge in [0.2, 0.25) is 5.88 Å². The van der Waals surface area contributed by atoms with Gasteiger partial charge in [0.25, 0.3) is 0 Å². The van der Waals surface area contributed by atoms with Crippen molar-refractivity contribution in [3.05, 3.63) is 71.3 Å². The second-order valence-corrected chi connectivity index (χ2v) is 14.6. The van der Waals surface area contributed by atoms with Crippen molar-refractivity contribution >= 4 is 27.5 Å². The molecule has 5 aromatic rings. The molecule has 0 radical (unpaired) electrons. The van der Waals surface area contributed by atoms with E-state index in [1.54, 1.807) is 24.3 Å². The summed E-state index contributed by atoms with van der Waals surface area (Å²) < 4.78 is 90.1. The molecule has 55 heavy (non-hydrogen) atoms. The molecule has 7 heterocycles. The predicted molar refractivity (Wildman–Crippen MR) is 193 cm³/mol. The van der Waals surface area contributed by atoms with Crippen molar-refractivity contribution in [1.29, 1.82) is 0 Å². The molecule has 0 saturated carbocycles. The number of benzene rings is 2. The highest BCUT2D eigenvalue weighted by Gasteiger charge is 2.50. The number of fused-ring (bicyclic) bond motifs is 4. The first-order valence-corrected chi connectivity index (χ1v) is 18.5. The highest BCUT2D eigenvalue weighted by Crippen LogP contribution is 2.44.